The Labute approximate surface area is 207 Å². The van der Waals surface area contributed by atoms with E-state index in [2.05, 4.69) is 19.8 Å². The summed E-state index contributed by atoms with van der Waals surface area (Å²) in [5.74, 6) is -1.99. The molecule has 0 aliphatic heterocycles. The van der Waals surface area contributed by atoms with Crippen LogP contribution in [0.15, 0.2) is 52.4 Å². The summed E-state index contributed by atoms with van der Waals surface area (Å²) in [4.78, 5) is 52.1. The Balaban J connectivity index is 2.08. The van der Waals surface area contributed by atoms with Gasteiger partial charge in [0.25, 0.3) is 5.56 Å². The van der Waals surface area contributed by atoms with Crippen molar-refractivity contribution in [3.8, 4) is 0 Å². The summed E-state index contributed by atoms with van der Waals surface area (Å²) in [6.45, 7) is -0.161. The number of aliphatic imine (C=N–C) groups is 1. The lowest BCUT2D eigenvalue weighted by atomic mass is 10.1. The minimum absolute atomic E-state index is 0.0792. The summed E-state index contributed by atoms with van der Waals surface area (Å²) < 4.78 is 33.3. The zero-order valence-electron chi connectivity index (χ0n) is 19.5. The molecule has 1 aromatic heterocycles. The second-order valence-corrected chi connectivity index (χ2v) is 9.35. The van der Waals surface area contributed by atoms with Crippen molar-refractivity contribution in [2.45, 2.75) is 31.2 Å². The van der Waals surface area contributed by atoms with Crippen LogP contribution in [0.2, 0.25) is 0 Å². The Hall–Kier alpha value is -4.20. The highest BCUT2D eigenvalue weighted by Crippen LogP contribution is 2.15. The lowest BCUT2D eigenvalue weighted by molar-refractivity contribution is -0.124. The largest absolute Gasteiger partial charge is 0.465 e. The summed E-state index contributed by atoms with van der Waals surface area (Å²) in [5, 5.41) is 2.49. The van der Waals surface area contributed by atoms with Crippen LogP contribution in [-0.2, 0) is 36.6 Å². The quantitative estimate of drug-likeness (QED) is 0.0866. The smallest absolute Gasteiger partial charge is 0.338 e. The van der Waals surface area contributed by atoms with Gasteiger partial charge >= 0.3 is 5.97 Å². The SMILES string of the molecule is COC(=O)c1ccccc1CS(=O)(=O)Nc1cccn(CC(=O)N[C@H](C=O)CCCN=C(N)N)c1=O. The number of ether oxygens (including phenoxy) is 1. The van der Waals surface area contributed by atoms with Gasteiger partial charge in [-0.25, -0.2) is 13.2 Å². The van der Waals surface area contributed by atoms with Gasteiger partial charge in [0, 0.05) is 12.7 Å². The first-order valence-electron chi connectivity index (χ1n) is 10.7. The molecule has 0 aliphatic carbocycles. The van der Waals surface area contributed by atoms with Crippen LogP contribution in [0, 0.1) is 0 Å². The van der Waals surface area contributed by atoms with Gasteiger partial charge in [-0.1, -0.05) is 18.2 Å². The maximum atomic E-state index is 12.8. The Bertz CT molecular complexity index is 1290. The van der Waals surface area contributed by atoms with E-state index >= 15 is 0 Å². The molecule has 6 N–H and O–H groups in total. The van der Waals surface area contributed by atoms with Gasteiger partial charge in [-0.05, 0) is 36.6 Å². The fourth-order valence-electron chi connectivity index (χ4n) is 3.20. The van der Waals surface area contributed by atoms with Gasteiger partial charge in [0.05, 0.1) is 24.5 Å². The van der Waals surface area contributed by atoms with Crippen LogP contribution in [0.5, 0.6) is 0 Å². The number of guanidine groups is 1. The van der Waals surface area contributed by atoms with E-state index in [-0.39, 0.29) is 35.7 Å². The van der Waals surface area contributed by atoms with Crippen LogP contribution in [-0.4, -0.2) is 56.8 Å². The van der Waals surface area contributed by atoms with E-state index in [1.807, 2.05) is 0 Å². The van der Waals surface area contributed by atoms with Gasteiger partial charge in [-0.2, -0.15) is 0 Å². The van der Waals surface area contributed by atoms with Crippen molar-refractivity contribution in [1.82, 2.24) is 9.88 Å². The number of sulfonamides is 1. The van der Waals surface area contributed by atoms with Crippen molar-refractivity contribution < 1.29 is 27.5 Å². The molecule has 0 unspecified atom stereocenters. The van der Waals surface area contributed by atoms with Gasteiger partial charge < -0.3 is 30.9 Å². The molecule has 0 bridgehead atoms. The molecular weight excluding hydrogens is 492 g/mol. The molecule has 14 heteroatoms. The summed E-state index contributed by atoms with van der Waals surface area (Å²) in [7, 11) is -2.93. The number of pyridine rings is 1. The van der Waals surface area contributed by atoms with Crippen molar-refractivity contribution in [2.24, 2.45) is 16.5 Å². The number of esters is 1. The fraction of sp³-hybridized carbons (Fsp3) is 0.318. The lowest BCUT2D eigenvalue weighted by Gasteiger charge is -2.14. The maximum absolute atomic E-state index is 12.8. The zero-order chi connectivity index (χ0) is 26.7. The standard InChI is InChI=1S/C22H28N6O7S/c1-35-21(32)17-8-3-2-6-15(17)14-36(33,34)27-18-9-5-11-28(20(18)31)12-19(30)26-16(13-29)7-4-10-25-22(23)24/h2-3,5-6,8-9,11,13,16,27H,4,7,10,12,14H2,1H3,(H,26,30)(H4,23,24,25)/t16-/m0/s1. The second kappa shape index (κ2) is 13.0. The number of nitrogens with one attached hydrogen (secondary N) is 2. The molecule has 1 heterocycles. The van der Waals surface area contributed by atoms with Crippen LogP contribution >= 0.6 is 0 Å². The Morgan fingerprint density at radius 3 is 2.58 bits per heavy atom. The van der Waals surface area contributed by atoms with Gasteiger partial charge in [0.1, 0.15) is 18.5 Å². The molecule has 1 aromatic carbocycles. The van der Waals surface area contributed by atoms with Crippen molar-refractivity contribution in [1.29, 1.82) is 0 Å². The molecule has 0 aliphatic rings. The van der Waals surface area contributed by atoms with Crippen molar-refractivity contribution in [3.05, 3.63) is 64.1 Å². The summed E-state index contributed by atoms with van der Waals surface area (Å²) in [6, 6.07) is 7.85. The normalized spacial score (nSPS) is 11.7. The molecule has 2 rings (SSSR count). The predicted octanol–water partition coefficient (Wildman–Crippen LogP) is -0.686. The summed E-state index contributed by atoms with van der Waals surface area (Å²) >= 11 is 0. The number of amides is 1. The number of methoxy groups -OCH3 is 1. The number of anilines is 1. The minimum Gasteiger partial charge on any atom is -0.465 e. The van der Waals surface area contributed by atoms with Gasteiger partial charge in [-0.3, -0.25) is 19.3 Å². The summed E-state index contributed by atoms with van der Waals surface area (Å²) in [6.07, 6.45) is 2.60. The third-order valence-electron chi connectivity index (χ3n) is 4.85. The average Bonchev–Trinajstić information content (AvgIpc) is 2.82. The van der Waals surface area contributed by atoms with E-state index in [1.165, 1.54) is 37.6 Å². The van der Waals surface area contributed by atoms with Gasteiger partial charge in [-0.15, -0.1) is 0 Å². The van der Waals surface area contributed by atoms with Crippen LogP contribution < -0.4 is 27.1 Å². The third-order valence-corrected chi connectivity index (χ3v) is 6.07. The Kier molecular flexibility index (Phi) is 10.2. The lowest BCUT2D eigenvalue weighted by Crippen LogP contribution is -2.40. The first kappa shape index (κ1) is 28.0. The van der Waals surface area contributed by atoms with E-state index in [4.69, 9.17) is 11.5 Å². The van der Waals surface area contributed by atoms with Crippen molar-refractivity contribution in [3.63, 3.8) is 0 Å². The molecule has 0 spiro atoms. The molecule has 1 atom stereocenters. The Morgan fingerprint density at radius 1 is 1.19 bits per heavy atom. The van der Waals surface area contributed by atoms with Crippen molar-refractivity contribution >= 4 is 39.8 Å². The van der Waals surface area contributed by atoms with E-state index in [1.54, 1.807) is 12.1 Å². The molecule has 1 amide bonds. The van der Waals surface area contributed by atoms with Crippen LogP contribution in [0.3, 0.4) is 0 Å². The van der Waals surface area contributed by atoms with Crippen molar-refractivity contribution in [2.75, 3.05) is 18.4 Å². The van der Waals surface area contributed by atoms with Crippen LogP contribution in [0.25, 0.3) is 0 Å². The molecule has 0 saturated carbocycles. The summed E-state index contributed by atoms with van der Waals surface area (Å²) in [5.41, 5.74) is 9.67. The molecule has 0 fully saturated rings. The number of hydrogen-bond acceptors (Lipinski definition) is 8. The number of carbonyl (C=O) groups excluding carboxylic acids is 3. The van der Waals surface area contributed by atoms with E-state index in [9.17, 15) is 27.6 Å². The minimum atomic E-state index is -4.11. The molecule has 0 saturated heterocycles. The number of hydrogen-bond donors (Lipinski definition) is 4. The van der Waals surface area contributed by atoms with Crippen LogP contribution in [0.1, 0.15) is 28.8 Å². The number of aldehydes is 1. The molecule has 13 nitrogen and oxygen atoms in total. The molecular formula is C22H28N6O7S. The highest BCUT2D eigenvalue weighted by Gasteiger charge is 2.20. The monoisotopic (exact) mass is 520 g/mol. The van der Waals surface area contributed by atoms with Crippen LogP contribution in [0.4, 0.5) is 5.69 Å². The van der Waals surface area contributed by atoms with E-state index < -0.39 is 45.8 Å². The predicted molar refractivity (Wildman–Crippen MR) is 133 cm³/mol. The molecule has 194 valence electrons. The number of nitrogens with zero attached hydrogens (tertiary/aromatic N) is 2. The number of carbonyl (C=O) groups is 3. The second-order valence-electron chi connectivity index (χ2n) is 7.62. The fourth-order valence-corrected chi connectivity index (χ4v) is 4.43. The van der Waals surface area contributed by atoms with E-state index in [0.717, 1.165) is 4.57 Å². The first-order valence-corrected chi connectivity index (χ1v) is 12.4. The number of benzene rings is 1. The van der Waals surface area contributed by atoms with Gasteiger partial charge in [0.2, 0.25) is 15.9 Å². The van der Waals surface area contributed by atoms with E-state index in [0.29, 0.717) is 12.7 Å². The highest BCUT2D eigenvalue weighted by molar-refractivity contribution is 7.91. The molecule has 2 aromatic rings. The highest BCUT2D eigenvalue weighted by atomic mass is 32.2. The number of rotatable bonds is 13. The number of nitrogens with two attached hydrogens (primary N) is 2. The maximum Gasteiger partial charge on any atom is 0.338 e. The Morgan fingerprint density at radius 2 is 1.92 bits per heavy atom. The third kappa shape index (κ3) is 8.54. The zero-order valence-corrected chi connectivity index (χ0v) is 20.4. The first-order chi connectivity index (χ1) is 17.1. The average molecular weight is 521 g/mol. The number of aromatic nitrogens is 1. The van der Waals surface area contributed by atoms with Gasteiger partial charge in [0.15, 0.2) is 5.96 Å². The molecule has 36 heavy (non-hydrogen) atoms. The molecule has 0 radical (unpaired) electrons. The topological polar surface area (TPSA) is 205 Å².